The number of rotatable bonds is 0. The van der Waals surface area contributed by atoms with Crippen molar-refractivity contribution in [1.82, 2.24) is 0 Å². The van der Waals surface area contributed by atoms with Crippen molar-refractivity contribution in [2.75, 3.05) is 0 Å². The average molecular weight is 143 g/mol. The van der Waals surface area contributed by atoms with Gasteiger partial charge in [-0.15, -0.1) is 0 Å². The molecule has 0 unspecified atom stereocenters. The zero-order valence-electron chi connectivity index (χ0n) is 5.33. The molecular formula is C6H7O4. The van der Waals surface area contributed by atoms with Gasteiger partial charge in [-0.3, -0.25) is 0 Å². The minimum absolute atomic E-state index is 0.162. The molecule has 1 aliphatic rings. The van der Waals surface area contributed by atoms with Gasteiger partial charge in [0.1, 0.15) is 5.76 Å². The second kappa shape index (κ2) is 2.13. The molecule has 0 aliphatic carbocycles. The molecule has 0 saturated carbocycles. The molecule has 1 rings (SSSR count). The number of hydrogen-bond donors (Lipinski definition) is 3. The molecule has 0 spiro atoms. The molecule has 0 aromatic rings. The molecule has 0 saturated heterocycles. The van der Waals surface area contributed by atoms with Crippen LogP contribution in [0.25, 0.3) is 0 Å². The van der Waals surface area contributed by atoms with E-state index in [-0.39, 0.29) is 5.76 Å². The summed E-state index contributed by atoms with van der Waals surface area (Å²) in [6.45, 7) is 2.42. The van der Waals surface area contributed by atoms with Gasteiger partial charge in [-0.25, -0.2) is 0 Å². The number of aliphatic hydroxyl groups excluding tert-OH is 3. The van der Waals surface area contributed by atoms with Gasteiger partial charge in [0, 0.05) is 0 Å². The Hall–Kier alpha value is -1.32. The third-order valence-corrected chi connectivity index (χ3v) is 1.15. The van der Waals surface area contributed by atoms with E-state index in [4.69, 9.17) is 15.3 Å². The molecule has 0 atom stereocenters. The molecule has 0 amide bonds. The minimum atomic E-state index is -0.552. The molecule has 1 heterocycles. The lowest BCUT2D eigenvalue weighted by molar-refractivity contribution is 0.182. The molecule has 3 N–H and O–H groups in total. The fourth-order valence-corrected chi connectivity index (χ4v) is 0.544. The summed E-state index contributed by atoms with van der Waals surface area (Å²) in [5.41, 5.74) is 0. The van der Waals surface area contributed by atoms with Crippen molar-refractivity contribution in [2.24, 2.45) is 0 Å². The Labute approximate surface area is 57.7 Å². The number of aliphatic hydroxyl groups is 3. The molecule has 0 aromatic carbocycles. The van der Waals surface area contributed by atoms with Crippen LogP contribution in [0.5, 0.6) is 0 Å². The van der Waals surface area contributed by atoms with E-state index in [0.717, 1.165) is 6.61 Å². The maximum absolute atomic E-state index is 8.88. The largest absolute Gasteiger partial charge is 0.505 e. The lowest BCUT2D eigenvalue weighted by Crippen LogP contribution is -2.06. The zero-order valence-corrected chi connectivity index (χ0v) is 5.33. The molecule has 4 nitrogen and oxygen atoms in total. The number of hydrogen-bond acceptors (Lipinski definition) is 4. The van der Waals surface area contributed by atoms with E-state index in [0.29, 0.717) is 0 Å². The quantitative estimate of drug-likeness (QED) is 0.478. The van der Waals surface area contributed by atoms with Gasteiger partial charge in [0.05, 0.1) is 0 Å². The predicted octanol–water partition coefficient (Wildman–Crippen LogP) is 1.30. The average Bonchev–Trinajstić information content (AvgIpc) is 1.93. The highest BCUT2D eigenvalue weighted by Gasteiger charge is 2.19. The van der Waals surface area contributed by atoms with Gasteiger partial charge >= 0.3 is 0 Å². The summed E-state index contributed by atoms with van der Waals surface area (Å²) in [4.78, 5) is 0. The van der Waals surface area contributed by atoms with E-state index in [1.807, 2.05) is 0 Å². The van der Waals surface area contributed by atoms with Gasteiger partial charge in [0.25, 0.3) is 0 Å². The highest BCUT2D eigenvalue weighted by atomic mass is 16.5. The van der Waals surface area contributed by atoms with Crippen molar-refractivity contribution < 1.29 is 20.1 Å². The van der Waals surface area contributed by atoms with Crippen molar-refractivity contribution in [1.29, 1.82) is 0 Å². The van der Waals surface area contributed by atoms with E-state index in [2.05, 4.69) is 4.74 Å². The molecule has 4 heteroatoms. The van der Waals surface area contributed by atoms with Gasteiger partial charge < -0.3 is 20.1 Å². The Bertz CT molecular complexity index is 190. The van der Waals surface area contributed by atoms with Gasteiger partial charge in [-0.05, 0) is 6.92 Å². The van der Waals surface area contributed by atoms with E-state index < -0.39 is 17.3 Å². The minimum Gasteiger partial charge on any atom is -0.505 e. The highest BCUT2D eigenvalue weighted by molar-refractivity contribution is 5.28. The Kier molecular flexibility index (Phi) is 1.45. The van der Waals surface area contributed by atoms with Crippen LogP contribution in [0.2, 0.25) is 0 Å². The smallest absolute Gasteiger partial charge is 0.203 e. The van der Waals surface area contributed by atoms with Crippen LogP contribution < -0.4 is 0 Å². The first kappa shape index (κ1) is 6.80. The summed E-state index contributed by atoms with van der Waals surface area (Å²) >= 11 is 0. The molecule has 0 bridgehead atoms. The van der Waals surface area contributed by atoms with Crippen LogP contribution in [-0.4, -0.2) is 15.3 Å². The van der Waals surface area contributed by atoms with Crippen molar-refractivity contribution in [2.45, 2.75) is 6.92 Å². The van der Waals surface area contributed by atoms with Crippen LogP contribution in [0.4, 0.5) is 0 Å². The maximum atomic E-state index is 8.88. The maximum Gasteiger partial charge on any atom is 0.203 e. The number of allylic oxidation sites excluding steroid dienone is 1. The molecule has 10 heavy (non-hydrogen) atoms. The van der Waals surface area contributed by atoms with Crippen LogP contribution in [0.15, 0.2) is 23.0 Å². The lowest BCUT2D eigenvalue weighted by atomic mass is 10.3. The molecule has 0 fully saturated rings. The van der Waals surface area contributed by atoms with Crippen molar-refractivity contribution >= 4 is 0 Å². The molecule has 1 radical (unpaired) electrons. The van der Waals surface area contributed by atoms with E-state index in [9.17, 15) is 0 Å². The third-order valence-electron chi connectivity index (χ3n) is 1.15. The second-order valence-corrected chi connectivity index (χ2v) is 1.87. The van der Waals surface area contributed by atoms with Crippen molar-refractivity contribution in [3.8, 4) is 0 Å². The first-order valence-electron chi connectivity index (χ1n) is 2.65. The summed E-state index contributed by atoms with van der Waals surface area (Å²) in [6.07, 6.45) is 0. The summed E-state index contributed by atoms with van der Waals surface area (Å²) in [5.74, 6) is -1.29. The highest BCUT2D eigenvalue weighted by Crippen LogP contribution is 2.21. The van der Waals surface area contributed by atoms with Crippen LogP contribution in [0.1, 0.15) is 6.92 Å². The SMILES string of the molecule is CC1=C(O)C(O)=C(O)[CH]O1. The fraction of sp³-hybridized carbons (Fsp3) is 0.167. The molecule has 0 aromatic heterocycles. The zero-order chi connectivity index (χ0) is 7.72. The van der Waals surface area contributed by atoms with Crippen molar-refractivity contribution in [3.05, 3.63) is 29.6 Å². The predicted molar refractivity (Wildman–Crippen MR) is 33.0 cm³/mol. The second-order valence-electron chi connectivity index (χ2n) is 1.87. The van der Waals surface area contributed by atoms with Gasteiger partial charge in [0.2, 0.25) is 12.4 Å². The molecule has 55 valence electrons. The fourth-order valence-electron chi connectivity index (χ4n) is 0.544. The lowest BCUT2D eigenvalue weighted by Gasteiger charge is -2.13. The first-order valence-corrected chi connectivity index (χ1v) is 2.65. The normalized spacial score (nSPS) is 19.3. The van der Waals surface area contributed by atoms with E-state index in [1.165, 1.54) is 6.92 Å². The summed E-state index contributed by atoms with van der Waals surface area (Å²) in [5, 5.41) is 26.4. The van der Waals surface area contributed by atoms with Crippen molar-refractivity contribution in [3.63, 3.8) is 0 Å². The topological polar surface area (TPSA) is 69.9 Å². The van der Waals surface area contributed by atoms with Crippen LogP contribution in [0.3, 0.4) is 0 Å². The van der Waals surface area contributed by atoms with E-state index >= 15 is 0 Å². The van der Waals surface area contributed by atoms with Crippen LogP contribution in [0, 0.1) is 6.61 Å². The Morgan fingerprint density at radius 3 is 2.30 bits per heavy atom. The molecular weight excluding hydrogens is 136 g/mol. The Morgan fingerprint density at radius 1 is 1.20 bits per heavy atom. The Balaban J connectivity index is 3.01. The van der Waals surface area contributed by atoms with E-state index in [1.54, 1.807) is 0 Å². The summed E-state index contributed by atoms with van der Waals surface area (Å²) < 4.78 is 4.61. The Morgan fingerprint density at radius 2 is 1.80 bits per heavy atom. The number of ether oxygens (including phenoxy) is 1. The first-order chi connectivity index (χ1) is 4.63. The monoisotopic (exact) mass is 143 g/mol. The standard InChI is InChI=1S/C6H7O4/c1-3-5(8)6(9)4(7)2-10-3/h2,7-9H,1H3. The van der Waals surface area contributed by atoms with Crippen LogP contribution in [-0.2, 0) is 4.74 Å². The summed E-state index contributed by atoms with van der Waals surface area (Å²) in [7, 11) is 0. The molecule has 1 aliphatic heterocycles. The third kappa shape index (κ3) is 0.877. The van der Waals surface area contributed by atoms with Gasteiger partial charge in [-0.2, -0.15) is 0 Å². The van der Waals surface area contributed by atoms with Gasteiger partial charge in [-0.1, -0.05) is 0 Å². The van der Waals surface area contributed by atoms with Crippen LogP contribution >= 0.6 is 0 Å². The van der Waals surface area contributed by atoms with Gasteiger partial charge in [0.15, 0.2) is 11.5 Å². The summed E-state index contributed by atoms with van der Waals surface area (Å²) in [6, 6.07) is 0.